The van der Waals surface area contributed by atoms with Gasteiger partial charge in [-0.2, -0.15) is 0 Å². The Morgan fingerprint density at radius 1 is 0.667 bits per heavy atom. The average Bonchev–Trinajstić information content (AvgIpc) is 2.86. The van der Waals surface area contributed by atoms with Gasteiger partial charge in [0.1, 0.15) is 0 Å². The Kier molecular flexibility index (Phi) is 11.6. The topological polar surface area (TPSA) is 0 Å². The largest absolute Gasteiger partial charge is 0.0654 e. The summed E-state index contributed by atoms with van der Waals surface area (Å²) in [7, 11) is 0. The van der Waals surface area contributed by atoms with E-state index in [1.54, 1.807) is 5.56 Å². The number of aryl methyl sites for hydroxylation is 1. The van der Waals surface area contributed by atoms with E-state index >= 15 is 0 Å². The van der Waals surface area contributed by atoms with Crippen LogP contribution < -0.4 is 0 Å². The lowest BCUT2D eigenvalue weighted by Crippen LogP contribution is -2.15. The minimum atomic E-state index is 0.779. The van der Waals surface area contributed by atoms with Crippen molar-refractivity contribution in [1.82, 2.24) is 0 Å². The molecule has 182 valence electrons. The van der Waals surface area contributed by atoms with Crippen LogP contribution in [0.4, 0.5) is 0 Å². The predicted molar refractivity (Wildman–Crippen MR) is 147 cm³/mol. The standard InChI is InChI=1S/C33H50/c1-4-6-7-8-9-10-11-12-13-28-14-18-30(19-15-28)32-22-24-33(25-23-32)31-20-16-29(17-21-31)26-27(3)5-2/h14-15,18-19,22-25,27,29,31H,4-13,16-17,20-21,26H2,1-3H3. The summed E-state index contributed by atoms with van der Waals surface area (Å²) in [6, 6.07) is 18.9. The van der Waals surface area contributed by atoms with Crippen molar-refractivity contribution >= 4 is 0 Å². The molecule has 0 heterocycles. The molecule has 0 bridgehead atoms. The van der Waals surface area contributed by atoms with Gasteiger partial charge in [0.05, 0.1) is 0 Å². The summed E-state index contributed by atoms with van der Waals surface area (Å²) in [5.41, 5.74) is 5.78. The van der Waals surface area contributed by atoms with Gasteiger partial charge in [-0.3, -0.25) is 0 Å². The van der Waals surface area contributed by atoms with Crippen molar-refractivity contribution in [3.05, 3.63) is 59.7 Å². The number of benzene rings is 2. The van der Waals surface area contributed by atoms with Crippen LogP contribution in [0.5, 0.6) is 0 Å². The summed E-state index contributed by atoms with van der Waals surface area (Å²) in [4.78, 5) is 0. The number of hydrogen-bond donors (Lipinski definition) is 0. The highest BCUT2D eigenvalue weighted by molar-refractivity contribution is 5.64. The van der Waals surface area contributed by atoms with Gasteiger partial charge >= 0.3 is 0 Å². The molecule has 1 fully saturated rings. The average molecular weight is 447 g/mol. The van der Waals surface area contributed by atoms with E-state index in [2.05, 4.69) is 69.3 Å². The molecular weight excluding hydrogens is 396 g/mol. The fraction of sp³-hybridized carbons (Fsp3) is 0.636. The molecule has 0 aliphatic heterocycles. The maximum absolute atomic E-state index is 2.42. The molecule has 1 unspecified atom stereocenters. The third-order valence-corrected chi connectivity index (χ3v) is 8.27. The molecule has 0 spiro atoms. The summed E-state index contributed by atoms with van der Waals surface area (Å²) in [6.45, 7) is 7.05. The molecule has 3 rings (SSSR count). The Labute approximate surface area is 205 Å². The summed E-state index contributed by atoms with van der Waals surface area (Å²) in [6.07, 6.45) is 20.8. The summed E-state index contributed by atoms with van der Waals surface area (Å²) in [5.74, 6) is 2.65. The van der Waals surface area contributed by atoms with Crippen LogP contribution in [-0.4, -0.2) is 0 Å². The van der Waals surface area contributed by atoms with E-state index in [4.69, 9.17) is 0 Å². The van der Waals surface area contributed by atoms with Crippen LogP contribution in [-0.2, 0) is 6.42 Å². The second-order valence-electron chi connectivity index (χ2n) is 11.0. The zero-order chi connectivity index (χ0) is 23.3. The van der Waals surface area contributed by atoms with Crippen molar-refractivity contribution in [1.29, 1.82) is 0 Å². The smallest absolute Gasteiger partial charge is 0.0162 e. The Hall–Kier alpha value is -1.56. The van der Waals surface area contributed by atoms with E-state index in [9.17, 15) is 0 Å². The Balaban J connectivity index is 1.40. The maximum atomic E-state index is 2.42. The zero-order valence-electron chi connectivity index (χ0n) is 22.0. The van der Waals surface area contributed by atoms with E-state index in [-0.39, 0.29) is 0 Å². The zero-order valence-corrected chi connectivity index (χ0v) is 22.0. The lowest BCUT2D eigenvalue weighted by atomic mass is 9.75. The predicted octanol–water partition coefficient (Wildman–Crippen LogP) is 10.7. The molecule has 0 aromatic heterocycles. The molecule has 1 aliphatic carbocycles. The van der Waals surface area contributed by atoms with Crippen LogP contribution >= 0.6 is 0 Å². The van der Waals surface area contributed by atoms with Gasteiger partial charge in [0.2, 0.25) is 0 Å². The van der Waals surface area contributed by atoms with Crippen molar-refractivity contribution in [2.75, 3.05) is 0 Å². The molecule has 1 atom stereocenters. The molecule has 0 nitrogen and oxygen atoms in total. The molecule has 1 saturated carbocycles. The van der Waals surface area contributed by atoms with Gasteiger partial charge in [-0.05, 0) is 85.0 Å². The van der Waals surface area contributed by atoms with Crippen LogP contribution in [0.2, 0.25) is 0 Å². The van der Waals surface area contributed by atoms with Crippen LogP contribution in [0.3, 0.4) is 0 Å². The van der Waals surface area contributed by atoms with Gasteiger partial charge in [0.15, 0.2) is 0 Å². The van der Waals surface area contributed by atoms with Crippen LogP contribution in [0.25, 0.3) is 11.1 Å². The molecule has 0 heteroatoms. The van der Waals surface area contributed by atoms with E-state index in [0.29, 0.717) is 0 Å². The van der Waals surface area contributed by atoms with Gasteiger partial charge in [-0.1, -0.05) is 121 Å². The second-order valence-corrected chi connectivity index (χ2v) is 11.0. The summed E-state index contributed by atoms with van der Waals surface area (Å²) >= 11 is 0. The third-order valence-electron chi connectivity index (χ3n) is 8.27. The molecular formula is C33H50. The monoisotopic (exact) mass is 446 g/mol. The van der Waals surface area contributed by atoms with Crippen molar-refractivity contribution in [2.45, 2.75) is 123 Å². The molecule has 33 heavy (non-hydrogen) atoms. The Bertz CT molecular complexity index is 746. The highest BCUT2D eigenvalue weighted by Gasteiger charge is 2.23. The highest BCUT2D eigenvalue weighted by atomic mass is 14.3. The molecule has 0 amide bonds. The van der Waals surface area contributed by atoms with E-state index < -0.39 is 0 Å². The Morgan fingerprint density at radius 3 is 1.79 bits per heavy atom. The molecule has 2 aromatic carbocycles. The van der Waals surface area contributed by atoms with Crippen molar-refractivity contribution in [3.63, 3.8) is 0 Å². The van der Waals surface area contributed by atoms with Gasteiger partial charge in [-0.15, -0.1) is 0 Å². The SMILES string of the molecule is CCCCCCCCCCc1ccc(-c2ccc(C3CCC(CC(C)CC)CC3)cc2)cc1. The first-order valence-electron chi connectivity index (χ1n) is 14.4. The lowest BCUT2D eigenvalue weighted by Gasteiger charge is -2.30. The van der Waals surface area contributed by atoms with Gasteiger partial charge < -0.3 is 0 Å². The highest BCUT2D eigenvalue weighted by Crippen LogP contribution is 2.39. The normalized spacial score (nSPS) is 19.5. The molecule has 0 saturated heterocycles. The number of hydrogen-bond acceptors (Lipinski definition) is 0. The van der Waals surface area contributed by atoms with Crippen LogP contribution in [0.15, 0.2) is 48.5 Å². The fourth-order valence-corrected chi connectivity index (χ4v) is 5.74. The van der Waals surface area contributed by atoms with Crippen molar-refractivity contribution < 1.29 is 0 Å². The van der Waals surface area contributed by atoms with E-state index in [1.165, 1.54) is 113 Å². The van der Waals surface area contributed by atoms with Crippen molar-refractivity contribution in [3.8, 4) is 11.1 Å². The minimum Gasteiger partial charge on any atom is -0.0654 e. The first-order valence-corrected chi connectivity index (χ1v) is 14.4. The number of unbranched alkanes of at least 4 members (excludes halogenated alkanes) is 7. The van der Waals surface area contributed by atoms with Gasteiger partial charge in [-0.25, -0.2) is 0 Å². The number of rotatable bonds is 14. The third kappa shape index (κ3) is 8.95. The van der Waals surface area contributed by atoms with Crippen LogP contribution in [0, 0.1) is 11.8 Å². The molecule has 0 N–H and O–H groups in total. The Morgan fingerprint density at radius 2 is 1.21 bits per heavy atom. The van der Waals surface area contributed by atoms with E-state index in [1.807, 2.05) is 0 Å². The molecule has 0 radical (unpaired) electrons. The van der Waals surface area contributed by atoms with Gasteiger partial charge in [0, 0.05) is 0 Å². The first-order chi connectivity index (χ1) is 16.2. The minimum absolute atomic E-state index is 0.779. The fourth-order valence-electron chi connectivity index (χ4n) is 5.74. The quantitative estimate of drug-likeness (QED) is 0.253. The van der Waals surface area contributed by atoms with Gasteiger partial charge in [0.25, 0.3) is 0 Å². The maximum Gasteiger partial charge on any atom is -0.0162 e. The molecule has 2 aromatic rings. The van der Waals surface area contributed by atoms with E-state index in [0.717, 1.165) is 17.8 Å². The summed E-state index contributed by atoms with van der Waals surface area (Å²) < 4.78 is 0. The second kappa shape index (κ2) is 14.6. The van der Waals surface area contributed by atoms with Crippen molar-refractivity contribution in [2.24, 2.45) is 11.8 Å². The lowest BCUT2D eigenvalue weighted by molar-refractivity contribution is 0.273. The first kappa shape index (κ1) is 26.1. The molecule has 1 aliphatic rings. The van der Waals surface area contributed by atoms with Crippen LogP contribution in [0.1, 0.15) is 128 Å². The summed E-state index contributed by atoms with van der Waals surface area (Å²) in [5, 5.41) is 0.